The van der Waals surface area contributed by atoms with Crippen molar-refractivity contribution in [1.29, 1.82) is 0 Å². The van der Waals surface area contributed by atoms with Crippen molar-refractivity contribution < 1.29 is 19.0 Å². The number of esters is 1. The first-order valence-corrected chi connectivity index (χ1v) is 4.53. The van der Waals surface area contributed by atoms with E-state index in [9.17, 15) is 9.59 Å². The lowest BCUT2D eigenvalue weighted by Gasteiger charge is -2.33. The molecule has 72 valence electrons. The van der Waals surface area contributed by atoms with Crippen molar-refractivity contribution in [3.8, 4) is 0 Å². The normalized spacial score (nSPS) is 27.5. The summed E-state index contributed by atoms with van der Waals surface area (Å²) < 4.78 is 9.80. The van der Waals surface area contributed by atoms with Gasteiger partial charge >= 0.3 is 19.4 Å². The molecule has 0 N–H and O–H groups in total. The molecule has 1 rings (SSSR count). The van der Waals surface area contributed by atoms with E-state index in [1.165, 1.54) is 0 Å². The van der Waals surface area contributed by atoms with E-state index in [1.54, 1.807) is 0 Å². The Balaban J connectivity index is 2.68. The van der Waals surface area contributed by atoms with E-state index in [2.05, 4.69) is 0 Å². The highest BCUT2D eigenvalue weighted by Crippen LogP contribution is 2.24. The van der Waals surface area contributed by atoms with Gasteiger partial charge in [-0.05, 0) is 12.8 Å². The Labute approximate surface area is 77.9 Å². The fourth-order valence-electron chi connectivity index (χ4n) is 1.45. The summed E-state index contributed by atoms with van der Waals surface area (Å²) in [5.41, 5.74) is -0.570. The number of carbonyl (C=O) groups excluding carboxylic acids is 2. The summed E-state index contributed by atoms with van der Waals surface area (Å²) in [6.07, 6.45) is 2.32. The smallest absolute Gasteiger partial charge is 0.415 e. The van der Waals surface area contributed by atoms with Crippen LogP contribution >= 0.6 is 0 Å². The molecule has 0 saturated carbocycles. The van der Waals surface area contributed by atoms with Gasteiger partial charge in [0.05, 0.1) is 0 Å². The molecule has 1 atom stereocenters. The Bertz CT molecular complexity index is 228. The number of carbonyl (C=O) groups is 2. The van der Waals surface area contributed by atoms with Crippen molar-refractivity contribution in [1.82, 2.24) is 0 Å². The summed E-state index contributed by atoms with van der Waals surface area (Å²) in [6.45, 7) is 3.92. The highest BCUT2D eigenvalue weighted by Gasteiger charge is 2.42. The van der Waals surface area contributed by atoms with Gasteiger partial charge in [0, 0.05) is 0 Å². The first kappa shape index (κ1) is 10.1. The zero-order chi connectivity index (χ0) is 9.90. The van der Waals surface area contributed by atoms with Crippen LogP contribution < -0.4 is 0 Å². The van der Waals surface area contributed by atoms with Crippen LogP contribution in [-0.2, 0) is 19.0 Å². The minimum absolute atomic E-state index is 0.196. The number of cyclic esters (lactones) is 1. The van der Waals surface area contributed by atoms with Gasteiger partial charge in [-0.15, -0.1) is 0 Å². The van der Waals surface area contributed by atoms with E-state index in [-0.39, 0.29) is 7.48 Å². The van der Waals surface area contributed by atoms with E-state index in [0.29, 0.717) is 6.42 Å². The molecule has 1 saturated heterocycles. The molecule has 0 bridgehead atoms. The molecule has 0 spiro atoms. The average molecular weight is 184 g/mol. The van der Waals surface area contributed by atoms with Crippen molar-refractivity contribution >= 4 is 19.4 Å². The van der Waals surface area contributed by atoms with Crippen molar-refractivity contribution in [2.75, 3.05) is 0 Å². The fourth-order valence-corrected chi connectivity index (χ4v) is 1.45. The molecule has 1 aliphatic heterocycles. The van der Waals surface area contributed by atoms with Gasteiger partial charge in [0.25, 0.3) is 0 Å². The van der Waals surface area contributed by atoms with E-state index in [0.717, 1.165) is 12.8 Å². The van der Waals surface area contributed by atoms with Crippen molar-refractivity contribution in [2.45, 2.75) is 38.6 Å². The van der Waals surface area contributed by atoms with E-state index >= 15 is 0 Å². The second kappa shape index (κ2) is 3.81. The van der Waals surface area contributed by atoms with Crippen LogP contribution in [0.4, 0.5) is 0 Å². The quantitative estimate of drug-likeness (QED) is 0.360. The van der Waals surface area contributed by atoms with Crippen LogP contribution in [0.2, 0.25) is 0 Å². The number of ether oxygens (including phenoxy) is 1. The standard InChI is InChI=1S/C8H13BO4/c1-3-5-8(4-2)9-13-7(11)6(10)12-8/h9H,3-5H2,1-2H3. The maximum absolute atomic E-state index is 10.9. The molecule has 1 fully saturated rings. The van der Waals surface area contributed by atoms with E-state index < -0.39 is 17.4 Å². The Hall–Kier alpha value is -0.995. The third kappa shape index (κ3) is 2.02. The molecule has 0 aliphatic carbocycles. The summed E-state index contributed by atoms with van der Waals surface area (Å²) >= 11 is 0. The third-order valence-corrected chi connectivity index (χ3v) is 2.29. The van der Waals surface area contributed by atoms with Crippen molar-refractivity contribution in [3.63, 3.8) is 0 Å². The van der Waals surface area contributed by atoms with Crippen LogP contribution in [0, 0.1) is 0 Å². The molecule has 0 aromatic carbocycles. The van der Waals surface area contributed by atoms with Crippen LogP contribution in [0.25, 0.3) is 0 Å². The lowest BCUT2D eigenvalue weighted by molar-refractivity contribution is -0.175. The van der Waals surface area contributed by atoms with Crippen LogP contribution in [0.15, 0.2) is 0 Å². The van der Waals surface area contributed by atoms with Gasteiger partial charge in [0.2, 0.25) is 0 Å². The van der Waals surface area contributed by atoms with Crippen molar-refractivity contribution in [3.05, 3.63) is 0 Å². The Kier molecular flexibility index (Phi) is 2.96. The Morgan fingerprint density at radius 2 is 2.00 bits per heavy atom. The summed E-state index contributed by atoms with van der Waals surface area (Å²) in [5.74, 6) is -1.73. The van der Waals surface area contributed by atoms with E-state index in [1.807, 2.05) is 13.8 Å². The lowest BCUT2D eigenvalue weighted by atomic mass is 9.69. The molecule has 1 unspecified atom stereocenters. The number of hydrogen-bond acceptors (Lipinski definition) is 4. The van der Waals surface area contributed by atoms with Crippen molar-refractivity contribution in [2.24, 2.45) is 0 Å². The van der Waals surface area contributed by atoms with Crippen LogP contribution in [0.5, 0.6) is 0 Å². The fraction of sp³-hybridized carbons (Fsp3) is 0.750. The second-order valence-electron chi connectivity index (χ2n) is 3.25. The Morgan fingerprint density at radius 1 is 1.31 bits per heavy atom. The maximum atomic E-state index is 10.9. The molecular weight excluding hydrogens is 171 g/mol. The lowest BCUT2D eigenvalue weighted by Crippen LogP contribution is -2.50. The van der Waals surface area contributed by atoms with Crippen LogP contribution in [-0.4, -0.2) is 24.9 Å². The number of rotatable bonds is 3. The summed E-state index contributed by atoms with van der Waals surface area (Å²) in [5, 5.41) is 0. The molecule has 4 nitrogen and oxygen atoms in total. The first-order valence-electron chi connectivity index (χ1n) is 4.53. The summed E-state index contributed by atoms with van der Waals surface area (Å²) in [4.78, 5) is 21.7. The highest BCUT2D eigenvalue weighted by molar-refractivity contribution is 6.46. The largest absolute Gasteiger partial charge is 0.527 e. The summed E-state index contributed by atoms with van der Waals surface area (Å²) in [7, 11) is 0.196. The zero-order valence-corrected chi connectivity index (χ0v) is 7.96. The van der Waals surface area contributed by atoms with Crippen LogP contribution in [0.3, 0.4) is 0 Å². The number of hydrogen-bond donors (Lipinski definition) is 0. The van der Waals surface area contributed by atoms with Gasteiger partial charge in [-0.2, -0.15) is 0 Å². The third-order valence-electron chi connectivity index (χ3n) is 2.29. The first-order chi connectivity index (χ1) is 6.13. The minimum Gasteiger partial charge on any atom is -0.527 e. The van der Waals surface area contributed by atoms with Gasteiger partial charge in [0.15, 0.2) is 0 Å². The molecular formula is C8H13BO4. The topological polar surface area (TPSA) is 52.6 Å². The average Bonchev–Trinajstić information content (AvgIpc) is 2.12. The molecule has 13 heavy (non-hydrogen) atoms. The second-order valence-corrected chi connectivity index (χ2v) is 3.25. The Morgan fingerprint density at radius 3 is 2.46 bits per heavy atom. The predicted octanol–water partition coefficient (Wildman–Crippen LogP) is 0.344. The van der Waals surface area contributed by atoms with Gasteiger partial charge in [-0.3, -0.25) is 0 Å². The molecule has 0 amide bonds. The van der Waals surface area contributed by atoms with Gasteiger partial charge in [0.1, 0.15) is 5.50 Å². The molecule has 1 heterocycles. The monoisotopic (exact) mass is 184 g/mol. The minimum atomic E-state index is -0.875. The highest BCUT2D eigenvalue weighted by atomic mass is 16.6. The van der Waals surface area contributed by atoms with E-state index in [4.69, 9.17) is 9.39 Å². The van der Waals surface area contributed by atoms with Gasteiger partial charge in [-0.1, -0.05) is 20.3 Å². The maximum Gasteiger partial charge on any atom is 0.415 e. The van der Waals surface area contributed by atoms with Gasteiger partial charge < -0.3 is 9.39 Å². The summed E-state index contributed by atoms with van der Waals surface area (Å²) in [6, 6.07) is 0. The molecule has 0 aromatic heterocycles. The van der Waals surface area contributed by atoms with Gasteiger partial charge in [-0.25, -0.2) is 9.59 Å². The molecule has 0 aromatic rings. The molecule has 5 heteroatoms. The molecule has 0 radical (unpaired) electrons. The SMILES string of the molecule is CCCC1(CC)BOC(=O)C(=O)O1. The van der Waals surface area contributed by atoms with Crippen LogP contribution in [0.1, 0.15) is 33.1 Å². The predicted molar refractivity (Wildman–Crippen MR) is 47.3 cm³/mol. The molecule has 1 aliphatic rings. The zero-order valence-electron chi connectivity index (χ0n) is 7.96.